The lowest BCUT2D eigenvalue weighted by Gasteiger charge is -2.23. The summed E-state index contributed by atoms with van der Waals surface area (Å²) in [5, 5.41) is 9.07. The van der Waals surface area contributed by atoms with Crippen LogP contribution < -0.4 is 5.56 Å². The highest BCUT2D eigenvalue weighted by molar-refractivity contribution is 14.1. The number of aliphatic carboxylic acids is 1. The minimum Gasteiger partial charge on any atom is -0.480 e. The van der Waals surface area contributed by atoms with Gasteiger partial charge in [-0.1, -0.05) is 0 Å². The largest absolute Gasteiger partial charge is 0.480 e. The molecule has 0 fully saturated rings. The lowest BCUT2D eigenvalue weighted by atomic mass is 10.1. The van der Waals surface area contributed by atoms with Crippen LogP contribution in [-0.2, 0) is 21.2 Å². The zero-order valence-electron chi connectivity index (χ0n) is 10.8. The second kappa shape index (κ2) is 5.80. The molecule has 1 rings (SSSR count). The highest BCUT2D eigenvalue weighted by atomic mass is 127. The predicted octanol–water partition coefficient (Wildman–Crippen LogP) is 0.870. The molecule has 0 saturated heterocycles. The SMILES string of the molecule is CC(CCn1cc(F)c(I)cc1=O)(C(=O)O)S(C)(=O)=O. The summed E-state index contributed by atoms with van der Waals surface area (Å²) in [6, 6.07) is 1.06. The fraction of sp³-hybridized carbons (Fsp3) is 0.455. The summed E-state index contributed by atoms with van der Waals surface area (Å²) in [4.78, 5) is 22.8. The number of hydrogen-bond acceptors (Lipinski definition) is 4. The van der Waals surface area contributed by atoms with Gasteiger partial charge in [0.05, 0.1) is 3.57 Å². The maximum atomic E-state index is 13.4. The molecule has 0 aromatic carbocycles. The van der Waals surface area contributed by atoms with E-state index < -0.39 is 31.9 Å². The molecule has 0 saturated carbocycles. The van der Waals surface area contributed by atoms with Crippen LogP contribution in [0, 0.1) is 9.39 Å². The second-order valence-electron chi connectivity index (χ2n) is 4.56. The molecule has 0 aliphatic rings. The smallest absolute Gasteiger partial charge is 0.324 e. The third kappa shape index (κ3) is 3.37. The number of carboxylic acids is 1. The van der Waals surface area contributed by atoms with Crippen molar-refractivity contribution in [1.82, 2.24) is 4.57 Å². The number of halogens is 2. The molecule has 6 nitrogen and oxygen atoms in total. The summed E-state index contributed by atoms with van der Waals surface area (Å²) in [5.41, 5.74) is -0.517. The molecule has 1 atom stereocenters. The molecule has 0 aliphatic heterocycles. The van der Waals surface area contributed by atoms with Gasteiger partial charge in [-0.15, -0.1) is 0 Å². The molecule has 1 aromatic rings. The minimum absolute atomic E-state index is 0.146. The summed E-state index contributed by atoms with van der Waals surface area (Å²) < 4.78 is 35.6. The first kappa shape index (κ1) is 17.1. The van der Waals surface area contributed by atoms with E-state index >= 15 is 0 Å². The zero-order valence-corrected chi connectivity index (χ0v) is 13.7. The van der Waals surface area contributed by atoms with E-state index in [4.69, 9.17) is 5.11 Å². The Balaban J connectivity index is 3.10. The van der Waals surface area contributed by atoms with Crippen LogP contribution in [0.5, 0.6) is 0 Å². The second-order valence-corrected chi connectivity index (χ2v) is 8.17. The van der Waals surface area contributed by atoms with Gasteiger partial charge < -0.3 is 9.67 Å². The number of sulfone groups is 1. The van der Waals surface area contributed by atoms with Crippen LogP contribution in [0.2, 0.25) is 0 Å². The standard InChI is InChI=1S/C11H13FINO5S/c1-11(10(16)17,20(2,18)19)3-4-14-6-7(12)8(13)5-9(14)15/h5-6H,3-4H2,1-2H3,(H,16,17). The fourth-order valence-electron chi connectivity index (χ4n) is 1.48. The number of rotatable bonds is 5. The van der Waals surface area contributed by atoms with E-state index in [1.54, 1.807) is 22.6 Å². The zero-order chi connectivity index (χ0) is 15.7. The molecular weight excluding hydrogens is 404 g/mol. The number of aryl methyl sites for hydroxylation is 1. The predicted molar refractivity (Wildman–Crippen MR) is 78.9 cm³/mol. The van der Waals surface area contributed by atoms with Gasteiger partial charge in [-0.05, 0) is 35.9 Å². The Kier molecular flexibility index (Phi) is 4.95. The van der Waals surface area contributed by atoms with Crippen LogP contribution in [0.25, 0.3) is 0 Å². The maximum absolute atomic E-state index is 13.4. The van der Waals surface area contributed by atoms with Gasteiger partial charge in [0.2, 0.25) is 0 Å². The van der Waals surface area contributed by atoms with Crippen LogP contribution in [-0.4, -0.2) is 35.1 Å². The van der Waals surface area contributed by atoms with Crippen molar-refractivity contribution in [3.05, 3.63) is 32.0 Å². The van der Waals surface area contributed by atoms with E-state index in [9.17, 15) is 22.4 Å². The average molecular weight is 417 g/mol. The third-order valence-corrected chi connectivity index (χ3v) is 5.97. The van der Waals surface area contributed by atoms with Crippen LogP contribution in [0.1, 0.15) is 13.3 Å². The molecule has 1 N–H and O–H groups in total. The van der Waals surface area contributed by atoms with E-state index in [2.05, 4.69) is 0 Å². The van der Waals surface area contributed by atoms with Crippen LogP contribution in [0.4, 0.5) is 4.39 Å². The summed E-state index contributed by atoms with van der Waals surface area (Å²) in [6.45, 7) is 0.862. The molecule has 0 radical (unpaired) electrons. The molecule has 1 unspecified atom stereocenters. The Bertz CT molecular complexity index is 699. The summed E-state index contributed by atoms with van der Waals surface area (Å²) >= 11 is 1.66. The van der Waals surface area contributed by atoms with Crippen molar-refractivity contribution in [3.63, 3.8) is 0 Å². The molecule has 9 heteroatoms. The monoisotopic (exact) mass is 417 g/mol. The molecule has 112 valence electrons. The van der Waals surface area contributed by atoms with E-state index in [0.717, 1.165) is 30.0 Å². The number of pyridine rings is 1. The van der Waals surface area contributed by atoms with E-state index in [1.165, 1.54) is 0 Å². The third-order valence-electron chi connectivity index (χ3n) is 3.13. The van der Waals surface area contributed by atoms with Gasteiger partial charge in [-0.2, -0.15) is 0 Å². The van der Waals surface area contributed by atoms with E-state index in [0.29, 0.717) is 0 Å². The van der Waals surface area contributed by atoms with E-state index in [-0.39, 0.29) is 16.5 Å². The van der Waals surface area contributed by atoms with Gasteiger partial charge in [0.25, 0.3) is 5.56 Å². The first-order valence-corrected chi connectivity index (χ1v) is 8.44. The van der Waals surface area contributed by atoms with Gasteiger partial charge in [0.1, 0.15) is 0 Å². The normalized spacial score (nSPS) is 14.8. The molecule has 0 amide bonds. The van der Waals surface area contributed by atoms with Crippen LogP contribution in [0.15, 0.2) is 17.1 Å². The van der Waals surface area contributed by atoms with Crippen molar-refractivity contribution in [2.24, 2.45) is 0 Å². The van der Waals surface area contributed by atoms with Gasteiger partial charge >= 0.3 is 5.97 Å². The van der Waals surface area contributed by atoms with Gasteiger partial charge in [-0.3, -0.25) is 9.59 Å². The molecule has 1 heterocycles. The van der Waals surface area contributed by atoms with Crippen molar-refractivity contribution in [3.8, 4) is 0 Å². The summed E-state index contributed by atoms with van der Waals surface area (Å²) in [5.74, 6) is -2.12. The van der Waals surface area contributed by atoms with Gasteiger partial charge in [0.15, 0.2) is 20.4 Å². The van der Waals surface area contributed by atoms with Gasteiger partial charge in [-0.25, -0.2) is 12.8 Å². The number of carbonyl (C=O) groups is 1. The highest BCUT2D eigenvalue weighted by Gasteiger charge is 2.43. The Labute approximate surface area is 128 Å². The molecule has 0 spiro atoms. The van der Waals surface area contributed by atoms with Crippen LogP contribution >= 0.6 is 22.6 Å². The van der Waals surface area contributed by atoms with Gasteiger partial charge in [0, 0.05) is 25.1 Å². The number of carboxylic acid groups (broad SMARTS) is 1. The van der Waals surface area contributed by atoms with Crippen molar-refractivity contribution in [1.29, 1.82) is 0 Å². The number of nitrogens with zero attached hydrogens (tertiary/aromatic N) is 1. The van der Waals surface area contributed by atoms with Crippen molar-refractivity contribution in [2.75, 3.05) is 6.26 Å². The molecule has 1 aromatic heterocycles. The lowest BCUT2D eigenvalue weighted by molar-refractivity contribution is -0.139. The Morgan fingerprint density at radius 2 is 2.10 bits per heavy atom. The Hall–Kier alpha value is -0.970. The highest BCUT2D eigenvalue weighted by Crippen LogP contribution is 2.22. The molecule has 0 aliphatic carbocycles. The minimum atomic E-state index is -3.88. The summed E-state index contributed by atoms with van der Waals surface area (Å²) in [7, 11) is -3.88. The topological polar surface area (TPSA) is 93.4 Å². The van der Waals surface area contributed by atoms with Crippen molar-refractivity contribution >= 4 is 38.4 Å². The maximum Gasteiger partial charge on any atom is 0.324 e. The summed E-state index contributed by atoms with van der Waals surface area (Å²) in [6.07, 6.45) is 1.42. The molecule has 0 bridgehead atoms. The van der Waals surface area contributed by atoms with Crippen LogP contribution in [0.3, 0.4) is 0 Å². The average Bonchev–Trinajstić information content (AvgIpc) is 2.29. The van der Waals surface area contributed by atoms with Crippen molar-refractivity contribution in [2.45, 2.75) is 24.6 Å². The quantitative estimate of drug-likeness (QED) is 0.718. The number of aromatic nitrogens is 1. The lowest BCUT2D eigenvalue weighted by Crippen LogP contribution is -2.44. The van der Waals surface area contributed by atoms with E-state index in [1.807, 2.05) is 0 Å². The fourth-order valence-corrected chi connectivity index (χ4v) is 2.67. The first-order valence-electron chi connectivity index (χ1n) is 5.47. The first-order chi connectivity index (χ1) is 8.99. The van der Waals surface area contributed by atoms with Crippen molar-refractivity contribution < 1.29 is 22.7 Å². The Morgan fingerprint density at radius 3 is 2.55 bits per heavy atom. The molecular formula is C11H13FINO5S. The molecule has 20 heavy (non-hydrogen) atoms. The Morgan fingerprint density at radius 1 is 1.55 bits per heavy atom. The number of hydrogen-bond donors (Lipinski definition) is 1.